The molecule has 3 aromatic rings. The molecule has 0 aliphatic rings. The number of carbonyl (C=O) groups is 1. The fourth-order valence-corrected chi connectivity index (χ4v) is 3.04. The fraction of sp³-hybridized carbons (Fsp3) is 0.286. The van der Waals surface area contributed by atoms with E-state index in [1.54, 1.807) is 49.5 Å². The minimum Gasteiger partial charge on any atom is -0.493 e. The molecule has 1 amide bonds. The lowest BCUT2D eigenvalue weighted by atomic mass is 10.1. The van der Waals surface area contributed by atoms with Gasteiger partial charge in [-0.1, -0.05) is 18.2 Å². The van der Waals surface area contributed by atoms with Gasteiger partial charge in [-0.05, 0) is 36.8 Å². The molecule has 7 heteroatoms. The van der Waals surface area contributed by atoms with Gasteiger partial charge in [-0.2, -0.15) is 0 Å². The molecule has 0 radical (unpaired) electrons. The molecule has 7 nitrogen and oxygen atoms in total. The second-order valence-electron chi connectivity index (χ2n) is 6.30. The van der Waals surface area contributed by atoms with Crippen LogP contribution in [0.2, 0.25) is 0 Å². The van der Waals surface area contributed by atoms with Crippen LogP contribution in [0.5, 0.6) is 11.5 Å². The van der Waals surface area contributed by atoms with E-state index in [1.165, 1.54) is 0 Å². The number of hydrogen-bond acceptors (Lipinski definition) is 5. The lowest BCUT2D eigenvalue weighted by Crippen LogP contribution is -2.33. The standard InChI is InChI=1S/C21H23N3O4/c1-4-24(13-19-22-16-8-6-5-7-15(16)21(26)23-19)20(25)12-14-9-10-17(27-2)18(11-14)28-3/h5-11H,4,12-13H2,1-3H3,(H,22,23,26). The van der Waals surface area contributed by atoms with Gasteiger partial charge in [-0.3, -0.25) is 9.59 Å². The average molecular weight is 381 g/mol. The normalized spacial score (nSPS) is 10.7. The number of benzene rings is 2. The second-order valence-corrected chi connectivity index (χ2v) is 6.30. The monoisotopic (exact) mass is 381 g/mol. The van der Waals surface area contributed by atoms with E-state index in [1.807, 2.05) is 19.1 Å². The van der Waals surface area contributed by atoms with Gasteiger partial charge in [0.25, 0.3) is 5.56 Å². The molecule has 2 aromatic carbocycles. The molecule has 0 spiro atoms. The van der Waals surface area contributed by atoms with E-state index in [2.05, 4.69) is 9.97 Å². The van der Waals surface area contributed by atoms with Crippen molar-refractivity contribution in [1.82, 2.24) is 14.9 Å². The SMILES string of the molecule is CCN(Cc1nc2ccccc2c(=O)[nH]1)C(=O)Cc1ccc(OC)c(OC)c1. The highest BCUT2D eigenvalue weighted by Crippen LogP contribution is 2.27. The lowest BCUT2D eigenvalue weighted by molar-refractivity contribution is -0.131. The number of fused-ring (bicyclic) bond motifs is 1. The number of aromatic nitrogens is 2. The number of likely N-dealkylation sites (N-methyl/N-ethyl adjacent to an activating group) is 1. The summed E-state index contributed by atoms with van der Waals surface area (Å²) in [5, 5.41) is 0.533. The first kappa shape index (κ1) is 19.4. The number of methoxy groups -OCH3 is 2. The van der Waals surface area contributed by atoms with Crippen molar-refractivity contribution >= 4 is 16.8 Å². The van der Waals surface area contributed by atoms with Crippen LogP contribution in [-0.4, -0.2) is 41.5 Å². The molecule has 146 valence electrons. The summed E-state index contributed by atoms with van der Waals surface area (Å²) in [5.41, 5.74) is 1.23. The Labute approximate surface area is 162 Å². The van der Waals surface area contributed by atoms with E-state index in [-0.39, 0.29) is 24.4 Å². The Bertz CT molecular complexity index is 1050. The maximum absolute atomic E-state index is 12.8. The van der Waals surface area contributed by atoms with Crippen LogP contribution in [0, 0.1) is 0 Å². The number of para-hydroxylation sites is 1. The van der Waals surface area contributed by atoms with Crippen molar-refractivity contribution in [2.24, 2.45) is 0 Å². The van der Waals surface area contributed by atoms with Crippen molar-refractivity contribution in [2.45, 2.75) is 19.9 Å². The van der Waals surface area contributed by atoms with Crippen LogP contribution in [0.3, 0.4) is 0 Å². The van der Waals surface area contributed by atoms with Crippen LogP contribution in [0.25, 0.3) is 10.9 Å². The van der Waals surface area contributed by atoms with Gasteiger partial charge in [0.1, 0.15) is 5.82 Å². The lowest BCUT2D eigenvalue weighted by Gasteiger charge is -2.21. The summed E-state index contributed by atoms with van der Waals surface area (Å²) in [7, 11) is 3.13. The van der Waals surface area contributed by atoms with Crippen LogP contribution >= 0.6 is 0 Å². The van der Waals surface area contributed by atoms with Crippen LogP contribution in [0.4, 0.5) is 0 Å². The Morgan fingerprint density at radius 2 is 1.86 bits per heavy atom. The quantitative estimate of drug-likeness (QED) is 0.680. The Hall–Kier alpha value is -3.35. The van der Waals surface area contributed by atoms with Gasteiger partial charge < -0.3 is 19.4 Å². The predicted molar refractivity (Wildman–Crippen MR) is 107 cm³/mol. The topological polar surface area (TPSA) is 84.5 Å². The number of carbonyl (C=O) groups excluding carboxylic acids is 1. The zero-order valence-electron chi connectivity index (χ0n) is 16.2. The van der Waals surface area contributed by atoms with E-state index < -0.39 is 0 Å². The molecule has 0 aliphatic heterocycles. The highest BCUT2D eigenvalue weighted by molar-refractivity contribution is 5.79. The molecule has 1 N–H and O–H groups in total. The van der Waals surface area contributed by atoms with E-state index in [4.69, 9.17) is 9.47 Å². The van der Waals surface area contributed by atoms with Gasteiger partial charge >= 0.3 is 0 Å². The van der Waals surface area contributed by atoms with E-state index in [0.29, 0.717) is 34.8 Å². The van der Waals surface area contributed by atoms with Gasteiger partial charge in [-0.25, -0.2) is 4.98 Å². The zero-order valence-corrected chi connectivity index (χ0v) is 16.2. The van der Waals surface area contributed by atoms with Crippen LogP contribution < -0.4 is 15.0 Å². The maximum Gasteiger partial charge on any atom is 0.258 e. The summed E-state index contributed by atoms with van der Waals surface area (Å²) >= 11 is 0. The van der Waals surface area contributed by atoms with Gasteiger partial charge in [-0.15, -0.1) is 0 Å². The Morgan fingerprint density at radius 3 is 2.57 bits per heavy atom. The van der Waals surface area contributed by atoms with E-state index in [0.717, 1.165) is 5.56 Å². The first-order valence-corrected chi connectivity index (χ1v) is 9.02. The maximum atomic E-state index is 12.8. The molecule has 0 unspecified atom stereocenters. The number of rotatable bonds is 7. The average Bonchev–Trinajstić information content (AvgIpc) is 2.71. The third-order valence-corrected chi connectivity index (χ3v) is 4.54. The number of H-pyrrole nitrogens is 1. The van der Waals surface area contributed by atoms with Crippen molar-refractivity contribution < 1.29 is 14.3 Å². The first-order valence-electron chi connectivity index (χ1n) is 9.02. The van der Waals surface area contributed by atoms with Crippen molar-refractivity contribution in [3.8, 4) is 11.5 Å². The number of nitrogens with one attached hydrogen (secondary N) is 1. The highest BCUT2D eigenvalue weighted by Gasteiger charge is 2.16. The number of aromatic amines is 1. The fourth-order valence-electron chi connectivity index (χ4n) is 3.04. The van der Waals surface area contributed by atoms with E-state index in [9.17, 15) is 9.59 Å². The molecule has 0 atom stereocenters. The molecule has 1 heterocycles. The van der Waals surface area contributed by atoms with Crippen molar-refractivity contribution in [3.63, 3.8) is 0 Å². The summed E-state index contributed by atoms with van der Waals surface area (Å²) in [6.45, 7) is 2.64. The Balaban J connectivity index is 1.78. The summed E-state index contributed by atoms with van der Waals surface area (Å²) in [6, 6.07) is 12.5. The molecule has 0 bridgehead atoms. The minimum absolute atomic E-state index is 0.0643. The van der Waals surface area contributed by atoms with E-state index >= 15 is 0 Å². The highest BCUT2D eigenvalue weighted by atomic mass is 16.5. The van der Waals surface area contributed by atoms with Gasteiger partial charge in [0.05, 0.1) is 38.1 Å². The largest absolute Gasteiger partial charge is 0.493 e. The van der Waals surface area contributed by atoms with Crippen LogP contribution in [0.1, 0.15) is 18.3 Å². The molecular weight excluding hydrogens is 358 g/mol. The molecule has 0 saturated heterocycles. The number of nitrogens with zero attached hydrogens (tertiary/aromatic N) is 2. The summed E-state index contributed by atoms with van der Waals surface area (Å²) in [5.74, 6) is 1.59. The molecule has 1 aromatic heterocycles. The van der Waals surface area contributed by atoms with Crippen LogP contribution in [-0.2, 0) is 17.8 Å². The number of hydrogen-bond donors (Lipinski definition) is 1. The summed E-state index contributed by atoms with van der Waals surface area (Å²) in [4.78, 5) is 33.9. The third-order valence-electron chi connectivity index (χ3n) is 4.54. The Morgan fingerprint density at radius 1 is 1.11 bits per heavy atom. The van der Waals surface area contributed by atoms with Crippen LogP contribution in [0.15, 0.2) is 47.3 Å². The predicted octanol–water partition coefficient (Wildman–Crippen LogP) is 2.53. The molecule has 0 saturated carbocycles. The zero-order chi connectivity index (χ0) is 20.1. The smallest absolute Gasteiger partial charge is 0.258 e. The summed E-state index contributed by atoms with van der Waals surface area (Å²) < 4.78 is 10.5. The third kappa shape index (κ3) is 4.14. The molecule has 28 heavy (non-hydrogen) atoms. The van der Waals surface area contributed by atoms with Gasteiger partial charge in [0, 0.05) is 6.54 Å². The second kappa shape index (κ2) is 8.56. The molecular formula is C21H23N3O4. The van der Waals surface area contributed by atoms with Crippen molar-refractivity contribution in [1.29, 1.82) is 0 Å². The molecule has 3 rings (SSSR count). The van der Waals surface area contributed by atoms with Crippen molar-refractivity contribution in [3.05, 3.63) is 64.2 Å². The molecule has 0 aliphatic carbocycles. The molecule has 0 fully saturated rings. The number of ether oxygens (including phenoxy) is 2. The van der Waals surface area contributed by atoms with Gasteiger partial charge in [0.2, 0.25) is 5.91 Å². The van der Waals surface area contributed by atoms with Crippen molar-refractivity contribution in [2.75, 3.05) is 20.8 Å². The van der Waals surface area contributed by atoms with Gasteiger partial charge in [0.15, 0.2) is 11.5 Å². The summed E-state index contributed by atoms with van der Waals surface area (Å²) in [6.07, 6.45) is 0.214. The number of amides is 1. The minimum atomic E-state index is -0.205. The Kier molecular flexibility index (Phi) is 5.93. The first-order chi connectivity index (χ1) is 13.5.